The van der Waals surface area contributed by atoms with Crippen molar-refractivity contribution in [2.75, 3.05) is 13.2 Å². The molecule has 0 unspecified atom stereocenters. The number of benzene rings is 1. The number of ether oxygens (including phenoxy) is 1. The maximum Gasteiger partial charge on any atom is 0.338 e. The van der Waals surface area contributed by atoms with Gasteiger partial charge in [-0.05, 0) is 30.5 Å². The fourth-order valence-corrected chi connectivity index (χ4v) is 3.49. The molecule has 3 rings (SSSR count). The first-order valence-electron chi connectivity index (χ1n) is 9.80. The molecule has 1 aliphatic rings. The molecule has 2 atom stereocenters. The van der Waals surface area contributed by atoms with Crippen LogP contribution in [0.15, 0.2) is 64.4 Å². The molecule has 7 heteroatoms. The third-order valence-electron chi connectivity index (χ3n) is 4.80. The summed E-state index contributed by atoms with van der Waals surface area (Å²) in [4.78, 5) is 25.0. The largest absolute Gasteiger partial charge is 0.467 e. The molecule has 0 spiro atoms. The Bertz CT molecular complexity index is 859. The number of urea groups is 1. The summed E-state index contributed by atoms with van der Waals surface area (Å²) < 4.78 is 10.7. The third-order valence-corrected chi connectivity index (χ3v) is 4.80. The lowest BCUT2D eigenvalue weighted by Gasteiger charge is -2.30. The fourth-order valence-electron chi connectivity index (χ4n) is 3.49. The quantitative estimate of drug-likeness (QED) is 0.594. The summed E-state index contributed by atoms with van der Waals surface area (Å²) in [6.07, 6.45) is 1.51. The van der Waals surface area contributed by atoms with Gasteiger partial charge in [-0.15, -0.1) is 0 Å². The summed E-state index contributed by atoms with van der Waals surface area (Å²) in [5.74, 6) is 0.296. The van der Waals surface area contributed by atoms with E-state index in [1.165, 1.54) is 6.26 Å². The molecular weight excluding hydrogens is 370 g/mol. The zero-order valence-corrected chi connectivity index (χ0v) is 16.9. The summed E-state index contributed by atoms with van der Waals surface area (Å²) in [6.45, 7) is 6.53. The Morgan fingerprint density at radius 2 is 1.97 bits per heavy atom. The van der Waals surface area contributed by atoms with Crippen molar-refractivity contribution in [3.8, 4) is 0 Å². The number of hydrogen-bond acceptors (Lipinski definition) is 5. The highest BCUT2D eigenvalue weighted by Crippen LogP contribution is 2.29. The van der Waals surface area contributed by atoms with Crippen molar-refractivity contribution in [3.05, 3.63) is 71.3 Å². The van der Waals surface area contributed by atoms with Crippen LogP contribution in [0.4, 0.5) is 4.79 Å². The fraction of sp³-hybridized carbons (Fsp3) is 0.364. The number of carbonyl (C=O) groups is 2. The van der Waals surface area contributed by atoms with Crippen LogP contribution in [0.1, 0.15) is 44.2 Å². The van der Waals surface area contributed by atoms with Crippen LogP contribution in [0, 0.1) is 5.92 Å². The van der Waals surface area contributed by atoms with Crippen molar-refractivity contribution < 1.29 is 18.7 Å². The van der Waals surface area contributed by atoms with Gasteiger partial charge in [-0.1, -0.05) is 44.2 Å². The lowest BCUT2D eigenvalue weighted by molar-refractivity contribution is -0.139. The number of esters is 1. The third kappa shape index (κ3) is 4.86. The zero-order chi connectivity index (χ0) is 20.8. The second kappa shape index (κ2) is 9.43. The van der Waals surface area contributed by atoms with Gasteiger partial charge < -0.3 is 25.1 Å². The molecule has 0 fully saturated rings. The van der Waals surface area contributed by atoms with Crippen molar-refractivity contribution in [2.24, 2.45) is 5.92 Å². The van der Waals surface area contributed by atoms with E-state index in [2.05, 4.69) is 41.9 Å². The second-order valence-corrected chi connectivity index (χ2v) is 7.17. The number of carbonyl (C=O) groups excluding carboxylic acids is 2. The molecule has 0 bridgehead atoms. The standard InChI is InChI=1S/C22H27N3O4/c1-4-28-21(26)18-16(24-22(27)25-20(18)17-11-8-12-29-17)13-23-19(14(2)3)15-9-6-5-7-10-15/h5-12,14,19-20,23H,4,13H2,1-3H3,(H2,24,25,27)/t19-,20+/m0/s1. The molecular formula is C22H27N3O4. The summed E-state index contributed by atoms with van der Waals surface area (Å²) in [5, 5.41) is 9.00. The monoisotopic (exact) mass is 397 g/mol. The van der Waals surface area contributed by atoms with Crippen molar-refractivity contribution in [2.45, 2.75) is 32.9 Å². The van der Waals surface area contributed by atoms with E-state index in [1.54, 1.807) is 19.1 Å². The van der Waals surface area contributed by atoms with Crippen LogP contribution in [0.5, 0.6) is 0 Å². The predicted molar refractivity (Wildman–Crippen MR) is 109 cm³/mol. The topological polar surface area (TPSA) is 92.6 Å². The van der Waals surface area contributed by atoms with Gasteiger partial charge in [0.25, 0.3) is 0 Å². The first kappa shape index (κ1) is 20.7. The highest BCUT2D eigenvalue weighted by atomic mass is 16.5. The molecule has 7 nitrogen and oxygen atoms in total. The van der Waals surface area contributed by atoms with E-state index in [1.807, 2.05) is 18.2 Å². The van der Waals surface area contributed by atoms with Crippen molar-refractivity contribution in [3.63, 3.8) is 0 Å². The minimum Gasteiger partial charge on any atom is -0.467 e. The van der Waals surface area contributed by atoms with Crippen LogP contribution in [0.3, 0.4) is 0 Å². The molecule has 1 aromatic carbocycles. The van der Waals surface area contributed by atoms with E-state index in [-0.39, 0.29) is 12.6 Å². The predicted octanol–water partition coefficient (Wildman–Crippen LogP) is 3.44. The van der Waals surface area contributed by atoms with Gasteiger partial charge in [0.05, 0.1) is 18.4 Å². The zero-order valence-electron chi connectivity index (χ0n) is 16.9. The Morgan fingerprint density at radius 3 is 2.59 bits per heavy atom. The van der Waals surface area contributed by atoms with E-state index in [4.69, 9.17) is 9.15 Å². The first-order valence-corrected chi connectivity index (χ1v) is 9.80. The average molecular weight is 397 g/mol. The van der Waals surface area contributed by atoms with Crippen molar-refractivity contribution in [1.29, 1.82) is 0 Å². The van der Waals surface area contributed by atoms with Gasteiger partial charge in [0.15, 0.2) is 0 Å². The van der Waals surface area contributed by atoms with Gasteiger partial charge in [0.2, 0.25) is 0 Å². The molecule has 0 saturated carbocycles. The molecule has 1 aliphatic heterocycles. The van der Waals surface area contributed by atoms with Crippen LogP contribution >= 0.6 is 0 Å². The van der Waals surface area contributed by atoms with E-state index in [0.29, 0.717) is 29.5 Å². The molecule has 3 N–H and O–H groups in total. The normalized spacial score (nSPS) is 17.7. The van der Waals surface area contributed by atoms with Gasteiger partial charge in [0.1, 0.15) is 11.8 Å². The molecule has 2 aromatic rings. The Morgan fingerprint density at radius 1 is 1.21 bits per heavy atom. The van der Waals surface area contributed by atoms with E-state index >= 15 is 0 Å². The van der Waals surface area contributed by atoms with Crippen LogP contribution < -0.4 is 16.0 Å². The Kier molecular flexibility index (Phi) is 6.72. The minimum absolute atomic E-state index is 0.0565. The maximum atomic E-state index is 12.7. The molecule has 29 heavy (non-hydrogen) atoms. The SMILES string of the molecule is CCOC(=O)C1=C(CN[C@H](c2ccccc2)C(C)C)NC(=O)N[C@@H]1c1ccco1. The van der Waals surface area contributed by atoms with Crippen molar-refractivity contribution in [1.82, 2.24) is 16.0 Å². The highest BCUT2D eigenvalue weighted by molar-refractivity contribution is 5.95. The van der Waals surface area contributed by atoms with Gasteiger partial charge in [0, 0.05) is 18.3 Å². The average Bonchev–Trinajstić information content (AvgIpc) is 3.23. The van der Waals surface area contributed by atoms with Gasteiger partial charge in [-0.2, -0.15) is 0 Å². The lowest BCUT2D eigenvalue weighted by Crippen LogP contribution is -2.48. The van der Waals surface area contributed by atoms with E-state index in [9.17, 15) is 9.59 Å². The van der Waals surface area contributed by atoms with Crippen LogP contribution in [-0.2, 0) is 9.53 Å². The highest BCUT2D eigenvalue weighted by Gasteiger charge is 2.35. The summed E-state index contributed by atoms with van der Waals surface area (Å²) in [7, 11) is 0. The Labute approximate surface area is 170 Å². The molecule has 1 aromatic heterocycles. The number of furan rings is 1. The Hall–Kier alpha value is -3.06. The smallest absolute Gasteiger partial charge is 0.338 e. The lowest BCUT2D eigenvalue weighted by atomic mass is 9.95. The van der Waals surface area contributed by atoms with Crippen molar-refractivity contribution >= 4 is 12.0 Å². The molecule has 0 aliphatic carbocycles. The summed E-state index contributed by atoms with van der Waals surface area (Å²) in [5.41, 5.74) is 1.96. The summed E-state index contributed by atoms with van der Waals surface area (Å²) >= 11 is 0. The van der Waals surface area contributed by atoms with Crippen LogP contribution in [-0.4, -0.2) is 25.2 Å². The Balaban J connectivity index is 1.92. The molecule has 154 valence electrons. The van der Waals surface area contributed by atoms with E-state index in [0.717, 1.165) is 5.56 Å². The van der Waals surface area contributed by atoms with Gasteiger partial charge in [-0.25, -0.2) is 9.59 Å². The molecule has 2 heterocycles. The van der Waals surface area contributed by atoms with Crippen LogP contribution in [0.25, 0.3) is 0 Å². The molecule has 0 radical (unpaired) electrons. The van der Waals surface area contributed by atoms with Gasteiger partial charge in [-0.3, -0.25) is 0 Å². The molecule has 0 saturated heterocycles. The van der Waals surface area contributed by atoms with Crippen LogP contribution in [0.2, 0.25) is 0 Å². The number of nitrogens with one attached hydrogen (secondary N) is 3. The van der Waals surface area contributed by atoms with E-state index < -0.39 is 18.0 Å². The number of rotatable bonds is 8. The first-order chi connectivity index (χ1) is 14.0. The maximum absolute atomic E-state index is 12.7. The second-order valence-electron chi connectivity index (χ2n) is 7.17. The number of amides is 2. The minimum atomic E-state index is -0.705. The summed E-state index contributed by atoms with van der Waals surface area (Å²) in [6, 6.07) is 12.5. The van der Waals surface area contributed by atoms with Gasteiger partial charge >= 0.3 is 12.0 Å². The number of hydrogen-bond donors (Lipinski definition) is 3. The molecule has 2 amide bonds.